The third kappa shape index (κ3) is 5.72. The zero-order chi connectivity index (χ0) is 26.7. The first-order chi connectivity index (χ1) is 17.7. The lowest BCUT2D eigenvalue weighted by Crippen LogP contribution is -2.34. The normalized spacial score (nSPS) is 10.9. The standard InChI is InChI=1S/C26H26N6O4S/c1-5-36-24-11-8-18(13-23(24)32(34)35)25(33)28-26(37)27-20-14-22-21(12-16(20)4)29-31(30-22)19-9-6-17(7-10-19)15(2)3/h6-15H,5H2,1-4H3,(H2,27,28,33,37). The molecule has 2 N–H and O–H groups in total. The fraction of sp³-hybridized carbons (Fsp3) is 0.231. The monoisotopic (exact) mass is 518 g/mol. The average molecular weight is 519 g/mol. The van der Waals surface area contributed by atoms with Gasteiger partial charge in [-0.25, -0.2) is 0 Å². The molecule has 0 radical (unpaired) electrons. The number of amides is 1. The van der Waals surface area contributed by atoms with E-state index in [4.69, 9.17) is 17.0 Å². The molecule has 37 heavy (non-hydrogen) atoms. The van der Waals surface area contributed by atoms with Crippen molar-refractivity contribution in [2.24, 2.45) is 0 Å². The zero-order valence-corrected chi connectivity index (χ0v) is 21.6. The molecule has 0 aliphatic carbocycles. The zero-order valence-electron chi connectivity index (χ0n) is 20.8. The summed E-state index contributed by atoms with van der Waals surface area (Å²) in [5, 5.41) is 26.1. The van der Waals surface area contributed by atoms with E-state index in [9.17, 15) is 14.9 Å². The number of aromatic nitrogens is 3. The van der Waals surface area contributed by atoms with E-state index in [0.29, 0.717) is 22.6 Å². The van der Waals surface area contributed by atoms with E-state index < -0.39 is 10.8 Å². The molecule has 1 amide bonds. The van der Waals surface area contributed by atoms with Crippen LogP contribution in [0.15, 0.2) is 54.6 Å². The fourth-order valence-electron chi connectivity index (χ4n) is 3.72. The minimum absolute atomic E-state index is 0.0423. The van der Waals surface area contributed by atoms with Gasteiger partial charge in [0, 0.05) is 17.3 Å². The number of carbonyl (C=O) groups excluding carboxylic acids is 1. The number of rotatable bonds is 7. The SMILES string of the molecule is CCOc1ccc(C(=O)NC(=S)Nc2cc3nn(-c4ccc(C(C)C)cc4)nc3cc2C)cc1[N+](=O)[O-]. The summed E-state index contributed by atoms with van der Waals surface area (Å²) in [6.07, 6.45) is 0. The molecule has 1 aromatic heterocycles. The van der Waals surface area contributed by atoms with Crippen LogP contribution in [0.2, 0.25) is 0 Å². The van der Waals surface area contributed by atoms with Crippen molar-refractivity contribution in [3.05, 3.63) is 81.4 Å². The van der Waals surface area contributed by atoms with E-state index in [2.05, 4.69) is 46.8 Å². The summed E-state index contributed by atoms with van der Waals surface area (Å²) >= 11 is 5.32. The highest BCUT2D eigenvalue weighted by molar-refractivity contribution is 7.80. The number of anilines is 1. The van der Waals surface area contributed by atoms with Crippen LogP contribution in [0.1, 0.15) is 48.2 Å². The Morgan fingerprint density at radius 2 is 1.78 bits per heavy atom. The van der Waals surface area contributed by atoms with Crippen molar-refractivity contribution in [2.45, 2.75) is 33.6 Å². The third-order valence-corrected chi connectivity index (χ3v) is 5.91. The number of nitrogens with one attached hydrogen (secondary N) is 2. The van der Waals surface area contributed by atoms with Crippen LogP contribution in [0.3, 0.4) is 0 Å². The first-order valence-corrected chi connectivity index (χ1v) is 12.1. The molecule has 11 heteroatoms. The second kappa shape index (κ2) is 10.7. The third-order valence-electron chi connectivity index (χ3n) is 5.71. The first kappa shape index (κ1) is 25.7. The lowest BCUT2D eigenvalue weighted by atomic mass is 10.0. The number of nitro benzene ring substituents is 1. The number of hydrogen-bond donors (Lipinski definition) is 2. The van der Waals surface area contributed by atoms with Crippen molar-refractivity contribution < 1.29 is 14.5 Å². The summed E-state index contributed by atoms with van der Waals surface area (Å²) in [5.41, 5.74) is 4.73. The number of nitro groups is 1. The van der Waals surface area contributed by atoms with Crippen LogP contribution in [0.25, 0.3) is 16.7 Å². The molecule has 0 aliphatic rings. The Hall–Kier alpha value is -4.38. The van der Waals surface area contributed by atoms with Crippen LogP contribution in [-0.4, -0.2) is 37.5 Å². The molecule has 4 rings (SSSR count). The second-order valence-electron chi connectivity index (χ2n) is 8.67. The summed E-state index contributed by atoms with van der Waals surface area (Å²) in [7, 11) is 0. The van der Waals surface area contributed by atoms with Gasteiger partial charge in [-0.1, -0.05) is 26.0 Å². The molecule has 0 spiro atoms. The van der Waals surface area contributed by atoms with Gasteiger partial charge in [0.15, 0.2) is 10.9 Å². The molecule has 0 atom stereocenters. The summed E-state index contributed by atoms with van der Waals surface area (Å²) < 4.78 is 5.26. The van der Waals surface area contributed by atoms with Crippen molar-refractivity contribution in [1.82, 2.24) is 20.3 Å². The van der Waals surface area contributed by atoms with Crippen molar-refractivity contribution in [2.75, 3.05) is 11.9 Å². The number of ether oxygens (including phenoxy) is 1. The van der Waals surface area contributed by atoms with E-state index in [1.54, 1.807) is 17.8 Å². The van der Waals surface area contributed by atoms with Gasteiger partial charge in [-0.2, -0.15) is 4.80 Å². The van der Waals surface area contributed by atoms with Crippen LogP contribution >= 0.6 is 12.2 Å². The first-order valence-electron chi connectivity index (χ1n) is 11.7. The lowest BCUT2D eigenvalue weighted by Gasteiger charge is -2.12. The maximum Gasteiger partial charge on any atom is 0.311 e. The highest BCUT2D eigenvalue weighted by Crippen LogP contribution is 2.28. The molecular weight excluding hydrogens is 492 g/mol. The maximum absolute atomic E-state index is 12.7. The number of aryl methyl sites for hydroxylation is 1. The van der Waals surface area contributed by atoms with E-state index >= 15 is 0 Å². The lowest BCUT2D eigenvalue weighted by molar-refractivity contribution is -0.385. The average Bonchev–Trinajstić information content (AvgIpc) is 3.27. The molecule has 3 aromatic carbocycles. The predicted octanol–water partition coefficient (Wildman–Crippen LogP) is 5.29. The Morgan fingerprint density at radius 3 is 2.41 bits per heavy atom. The van der Waals surface area contributed by atoms with Crippen molar-refractivity contribution in [1.29, 1.82) is 0 Å². The molecule has 10 nitrogen and oxygen atoms in total. The number of hydrogen-bond acceptors (Lipinski definition) is 7. The topological polar surface area (TPSA) is 124 Å². The van der Waals surface area contributed by atoms with E-state index in [-0.39, 0.29) is 28.7 Å². The molecule has 0 aliphatic heterocycles. The number of benzene rings is 3. The second-order valence-corrected chi connectivity index (χ2v) is 9.08. The fourth-order valence-corrected chi connectivity index (χ4v) is 3.92. The minimum atomic E-state index is -0.594. The Kier molecular flexibility index (Phi) is 7.44. The molecule has 190 valence electrons. The van der Waals surface area contributed by atoms with Crippen molar-refractivity contribution >= 4 is 45.6 Å². The van der Waals surface area contributed by atoms with Gasteiger partial charge in [0.2, 0.25) is 0 Å². The van der Waals surface area contributed by atoms with E-state index in [0.717, 1.165) is 17.3 Å². The Bertz CT molecular complexity index is 1500. The number of nitrogens with zero attached hydrogens (tertiary/aromatic N) is 4. The smallest absolute Gasteiger partial charge is 0.311 e. The summed E-state index contributed by atoms with van der Waals surface area (Å²) in [4.78, 5) is 25.0. The van der Waals surface area contributed by atoms with Crippen LogP contribution in [0, 0.1) is 17.0 Å². The van der Waals surface area contributed by atoms with Gasteiger partial charge in [0.1, 0.15) is 11.0 Å². The highest BCUT2D eigenvalue weighted by atomic mass is 32.1. The van der Waals surface area contributed by atoms with Gasteiger partial charge in [0.25, 0.3) is 5.91 Å². The number of carbonyl (C=O) groups is 1. The Labute approximate surface area is 218 Å². The molecule has 0 fully saturated rings. The Morgan fingerprint density at radius 1 is 1.11 bits per heavy atom. The molecule has 0 saturated heterocycles. The largest absolute Gasteiger partial charge is 0.487 e. The van der Waals surface area contributed by atoms with Gasteiger partial charge >= 0.3 is 5.69 Å². The minimum Gasteiger partial charge on any atom is -0.487 e. The summed E-state index contributed by atoms with van der Waals surface area (Å²) in [5.74, 6) is -0.0559. The quantitative estimate of drug-likeness (QED) is 0.192. The van der Waals surface area contributed by atoms with Crippen molar-refractivity contribution in [3.8, 4) is 11.4 Å². The van der Waals surface area contributed by atoms with Gasteiger partial charge in [-0.05, 0) is 79.5 Å². The van der Waals surface area contributed by atoms with Crippen LogP contribution in [0.4, 0.5) is 11.4 Å². The maximum atomic E-state index is 12.7. The summed E-state index contributed by atoms with van der Waals surface area (Å²) in [6, 6.07) is 15.8. The molecule has 1 heterocycles. The van der Waals surface area contributed by atoms with Gasteiger partial charge < -0.3 is 10.1 Å². The number of fused-ring (bicyclic) bond motifs is 1. The van der Waals surface area contributed by atoms with Crippen LogP contribution < -0.4 is 15.4 Å². The molecule has 0 unspecified atom stereocenters. The number of thiocarbonyl (C=S) groups is 1. The van der Waals surface area contributed by atoms with E-state index in [1.165, 1.54) is 17.7 Å². The van der Waals surface area contributed by atoms with Crippen LogP contribution in [-0.2, 0) is 0 Å². The predicted molar refractivity (Wildman–Crippen MR) is 146 cm³/mol. The molecule has 0 bridgehead atoms. The van der Waals surface area contributed by atoms with Gasteiger partial charge in [-0.15, -0.1) is 10.2 Å². The molecular formula is C26H26N6O4S. The Balaban J connectivity index is 1.50. The van der Waals surface area contributed by atoms with E-state index in [1.807, 2.05) is 25.1 Å². The van der Waals surface area contributed by atoms with Crippen LogP contribution in [0.5, 0.6) is 5.75 Å². The van der Waals surface area contributed by atoms with Gasteiger partial charge in [0.05, 0.1) is 17.2 Å². The molecule has 4 aromatic rings. The molecule has 0 saturated carbocycles. The highest BCUT2D eigenvalue weighted by Gasteiger charge is 2.19. The van der Waals surface area contributed by atoms with Crippen molar-refractivity contribution in [3.63, 3.8) is 0 Å². The summed E-state index contributed by atoms with van der Waals surface area (Å²) in [6.45, 7) is 8.16. The van der Waals surface area contributed by atoms with Gasteiger partial charge in [-0.3, -0.25) is 20.2 Å².